The highest BCUT2D eigenvalue weighted by molar-refractivity contribution is 7.15. The van der Waals surface area contributed by atoms with Gasteiger partial charge in [0.1, 0.15) is 17.1 Å². The van der Waals surface area contributed by atoms with Crippen molar-refractivity contribution in [3.8, 4) is 28.4 Å². The number of ether oxygens (including phenoxy) is 2. The molecule has 0 bridgehead atoms. The third kappa shape index (κ3) is 5.55. The molecule has 0 N–H and O–H groups in total. The summed E-state index contributed by atoms with van der Waals surface area (Å²) in [7, 11) is 1.57. The van der Waals surface area contributed by atoms with Crippen molar-refractivity contribution >= 4 is 28.1 Å². The summed E-state index contributed by atoms with van der Waals surface area (Å²) in [4.78, 5) is 41.9. The molecule has 0 saturated carbocycles. The molecular weight excluding hydrogens is 584 g/mol. The molecule has 3 heterocycles. The van der Waals surface area contributed by atoms with Gasteiger partial charge >= 0.3 is 5.69 Å². The molecule has 0 atom stereocenters. The summed E-state index contributed by atoms with van der Waals surface area (Å²) < 4.78 is 13.6. The SMILES string of the molecule is CCOc1ccc(-c2nn(-c3ccccc3)cc2C=c2sc3nc(=O)c(Cc4ccc(OC)cc4)nn3c2=O)cc1[N+](=O)[O-]. The zero-order chi connectivity index (χ0) is 30.8. The number of nitro benzene ring substituents is 1. The summed E-state index contributed by atoms with van der Waals surface area (Å²) in [6.07, 6.45) is 3.55. The van der Waals surface area contributed by atoms with Crippen molar-refractivity contribution in [1.29, 1.82) is 0 Å². The fraction of sp³-hybridized carbons (Fsp3) is 0.129. The standard InChI is InChI=1S/C31H24N6O6S/c1-3-43-26-14-11-20(16-25(26)37(40)41)28-21(18-35(34-28)22-7-5-4-6-8-22)17-27-30(39)36-31(44-27)32-29(38)24(33-36)15-19-9-12-23(42-2)13-10-19/h4-14,16-18H,3,15H2,1-2H3. The van der Waals surface area contributed by atoms with Crippen LogP contribution in [-0.4, -0.2) is 43.0 Å². The number of hydrogen-bond donors (Lipinski definition) is 0. The Bertz CT molecular complexity index is 2170. The van der Waals surface area contributed by atoms with Gasteiger partial charge in [-0.3, -0.25) is 19.7 Å². The van der Waals surface area contributed by atoms with Crippen LogP contribution in [0.4, 0.5) is 5.69 Å². The molecule has 0 radical (unpaired) electrons. The molecule has 3 aromatic heterocycles. The first-order valence-corrected chi connectivity index (χ1v) is 14.3. The first-order valence-electron chi connectivity index (χ1n) is 13.5. The van der Waals surface area contributed by atoms with Crippen molar-refractivity contribution in [3.05, 3.63) is 131 Å². The van der Waals surface area contributed by atoms with E-state index < -0.39 is 16.0 Å². The number of aromatic nitrogens is 5. The molecule has 3 aromatic carbocycles. The van der Waals surface area contributed by atoms with Crippen molar-refractivity contribution in [2.24, 2.45) is 0 Å². The lowest BCUT2D eigenvalue weighted by atomic mass is 10.1. The summed E-state index contributed by atoms with van der Waals surface area (Å²) in [5, 5.41) is 20.9. The van der Waals surface area contributed by atoms with Crippen LogP contribution in [-0.2, 0) is 6.42 Å². The van der Waals surface area contributed by atoms with E-state index in [0.717, 1.165) is 27.1 Å². The zero-order valence-electron chi connectivity index (χ0n) is 23.5. The van der Waals surface area contributed by atoms with Crippen LogP contribution in [0.2, 0.25) is 0 Å². The lowest BCUT2D eigenvalue weighted by Crippen LogP contribution is -2.28. The molecule has 13 heteroatoms. The second-order valence-corrected chi connectivity index (χ2v) is 10.6. The van der Waals surface area contributed by atoms with Crippen LogP contribution in [0, 0.1) is 10.1 Å². The predicted octanol–water partition coefficient (Wildman–Crippen LogP) is 3.82. The average Bonchev–Trinajstić information content (AvgIpc) is 3.59. The summed E-state index contributed by atoms with van der Waals surface area (Å²) in [6, 6.07) is 21.1. The number of benzene rings is 3. The summed E-state index contributed by atoms with van der Waals surface area (Å²) in [6.45, 7) is 2.02. The third-order valence-corrected chi connectivity index (χ3v) is 7.72. The molecule has 0 aliphatic heterocycles. The topological polar surface area (TPSA) is 144 Å². The Hall–Kier alpha value is -5.69. The van der Waals surface area contributed by atoms with Crippen LogP contribution >= 0.6 is 11.3 Å². The number of para-hydroxylation sites is 1. The van der Waals surface area contributed by atoms with E-state index >= 15 is 0 Å². The van der Waals surface area contributed by atoms with E-state index in [0.29, 0.717) is 22.6 Å². The van der Waals surface area contributed by atoms with Crippen LogP contribution in [0.15, 0.2) is 88.6 Å². The van der Waals surface area contributed by atoms with E-state index in [2.05, 4.69) is 10.1 Å². The first kappa shape index (κ1) is 28.4. The Morgan fingerprint density at radius 3 is 2.50 bits per heavy atom. The minimum atomic E-state index is -0.520. The molecule has 0 aliphatic carbocycles. The van der Waals surface area contributed by atoms with Crippen LogP contribution in [0.1, 0.15) is 23.7 Å². The van der Waals surface area contributed by atoms with E-state index in [1.807, 2.05) is 42.5 Å². The Kier molecular flexibility index (Phi) is 7.69. The van der Waals surface area contributed by atoms with Gasteiger partial charge in [-0.25, -0.2) is 4.68 Å². The fourth-order valence-corrected chi connectivity index (χ4v) is 5.54. The highest BCUT2D eigenvalue weighted by Gasteiger charge is 2.20. The highest BCUT2D eigenvalue weighted by atomic mass is 32.1. The lowest BCUT2D eigenvalue weighted by Gasteiger charge is -2.06. The third-order valence-electron chi connectivity index (χ3n) is 6.76. The van der Waals surface area contributed by atoms with Gasteiger partial charge in [-0.1, -0.05) is 41.7 Å². The summed E-state index contributed by atoms with van der Waals surface area (Å²) in [5.74, 6) is 0.828. The van der Waals surface area contributed by atoms with Crippen molar-refractivity contribution in [1.82, 2.24) is 24.4 Å². The molecule has 0 spiro atoms. The van der Waals surface area contributed by atoms with Gasteiger partial charge in [-0.05, 0) is 55.0 Å². The second-order valence-electron chi connectivity index (χ2n) is 9.58. The van der Waals surface area contributed by atoms with Crippen molar-refractivity contribution < 1.29 is 14.4 Å². The van der Waals surface area contributed by atoms with E-state index in [1.165, 1.54) is 12.1 Å². The Morgan fingerprint density at radius 2 is 1.80 bits per heavy atom. The van der Waals surface area contributed by atoms with Crippen molar-refractivity contribution in [2.45, 2.75) is 13.3 Å². The van der Waals surface area contributed by atoms with Gasteiger partial charge in [0.2, 0.25) is 4.96 Å². The molecule has 0 aliphatic rings. The lowest BCUT2D eigenvalue weighted by molar-refractivity contribution is -0.385. The smallest absolute Gasteiger partial charge is 0.311 e. The number of nitro groups is 1. The molecule has 12 nitrogen and oxygen atoms in total. The van der Waals surface area contributed by atoms with Gasteiger partial charge in [-0.2, -0.15) is 19.7 Å². The zero-order valence-corrected chi connectivity index (χ0v) is 24.4. The molecule has 6 aromatic rings. The van der Waals surface area contributed by atoms with Gasteiger partial charge in [-0.15, -0.1) is 0 Å². The number of nitrogens with zero attached hydrogens (tertiary/aromatic N) is 6. The second kappa shape index (κ2) is 11.9. The molecule has 6 rings (SSSR count). The Morgan fingerprint density at radius 1 is 1.02 bits per heavy atom. The van der Waals surface area contributed by atoms with Gasteiger partial charge in [0.05, 0.1) is 28.9 Å². The molecule has 0 unspecified atom stereocenters. The summed E-state index contributed by atoms with van der Waals surface area (Å²) in [5.41, 5.74) is 1.92. The minimum Gasteiger partial charge on any atom is -0.497 e. The molecule has 0 fully saturated rings. The van der Waals surface area contributed by atoms with Crippen LogP contribution in [0.25, 0.3) is 28.0 Å². The van der Waals surface area contributed by atoms with Gasteiger partial charge in [0.15, 0.2) is 5.75 Å². The van der Waals surface area contributed by atoms with E-state index in [4.69, 9.17) is 14.6 Å². The van der Waals surface area contributed by atoms with Crippen molar-refractivity contribution in [2.75, 3.05) is 13.7 Å². The van der Waals surface area contributed by atoms with Gasteiger partial charge in [0, 0.05) is 29.8 Å². The van der Waals surface area contributed by atoms with E-state index in [9.17, 15) is 19.7 Å². The quantitative estimate of drug-likeness (QED) is 0.177. The van der Waals surface area contributed by atoms with Crippen LogP contribution < -0.4 is 25.1 Å². The highest BCUT2D eigenvalue weighted by Crippen LogP contribution is 2.34. The summed E-state index contributed by atoms with van der Waals surface area (Å²) >= 11 is 1.02. The molecule has 44 heavy (non-hydrogen) atoms. The molecular formula is C31H24N6O6S. The Balaban J connectivity index is 1.47. The van der Waals surface area contributed by atoms with Gasteiger partial charge in [0.25, 0.3) is 11.1 Å². The molecule has 220 valence electrons. The number of methoxy groups -OCH3 is 1. The normalized spacial score (nSPS) is 11.6. The molecule has 0 saturated heterocycles. The maximum atomic E-state index is 13.5. The maximum absolute atomic E-state index is 13.5. The monoisotopic (exact) mass is 608 g/mol. The predicted molar refractivity (Wildman–Crippen MR) is 165 cm³/mol. The maximum Gasteiger partial charge on any atom is 0.311 e. The number of thiazole rings is 1. The number of rotatable bonds is 9. The van der Waals surface area contributed by atoms with Crippen molar-refractivity contribution in [3.63, 3.8) is 0 Å². The fourth-order valence-electron chi connectivity index (χ4n) is 4.65. The van der Waals surface area contributed by atoms with E-state index in [1.54, 1.807) is 49.2 Å². The van der Waals surface area contributed by atoms with Gasteiger partial charge < -0.3 is 9.47 Å². The van der Waals surface area contributed by atoms with E-state index in [-0.39, 0.29) is 39.7 Å². The largest absolute Gasteiger partial charge is 0.497 e. The minimum absolute atomic E-state index is 0.133. The Labute approximate surface area is 253 Å². The average molecular weight is 609 g/mol. The van der Waals surface area contributed by atoms with Crippen LogP contribution in [0.5, 0.6) is 11.5 Å². The number of hydrogen-bond acceptors (Lipinski definition) is 10. The first-order chi connectivity index (χ1) is 21.3. The van der Waals surface area contributed by atoms with Crippen LogP contribution in [0.3, 0.4) is 0 Å². The molecule has 0 amide bonds. The number of fused-ring (bicyclic) bond motifs is 1.